The van der Waals surface area contributed by atoms with Gasteiger partial charge in [0.1, 0.15) is 0 Å². The topological polar surface area (TPSA) is 3.24 Å². The molecule has 1 heterocycles. The minimum Gasteiger partial charge on any atom is -0.330 e. The molecule has 0 aromatic heterocycles. The average molecular weight is 634 g/mol. The molecule has 0 saturated heterocycles. The van der Waals surface area contributed by atoms with Crippen molar-refractivity contribution in [2.75, 3.05) is 4.90 Å². The molecule has 1 atom stereocenters. The molecule has 9 aromatic rings. The highest BCUT2D eigenvalue weighted by molar-refractivity contribution is 6.21. The van der Waals surface area contributed by atoms with Gasteiger partial charge < -0.3 is 4.90 Å². The summed E-state index contributed by atoms with van der Waals surface area (Å²) in [5.74, 6) is 0. The van der Waals surface area contributed by atoms with Crippen molar-refractivity contribution in [3.63, 3.8) is 0 Å². The summed E-state index contributed by atoms with van der Waals surface area (Å²) in [6.07, 6.45) is 2.47. The van der Waals surface area contributed by atoms with Crippen molar-refractivity contribution in [3.8, 4) is 33.4 Å². The van der Waals surface area contributed by atoms with Crippen LogP contribution in [0.3, 0.4) is 0 Å². The monoisotopic (exact) mass is 633 g/mol. The van der Waals surface area contributed by atoms with E-state index < -0.39 is 0 Å². The van der Waals surface area contributed by atoms with Gasteiger partial charge in [0.25, 0.3) is 0 Å². The number of nitrogens with zero attached hydrogens (tertiary/aromatic N) is 1. The molecule has 1 aliphatic carbocycles. The van der Waals surface area contributed by atoms with Gasteiger partial charge >= 0.3 is 0 Å². The lowest BCUT2D eigenvalue weighted by molar-refractivity contribution is 0.800. The SMILES string of the molecule is C1=C(c2ccccc2-c2c3ccccc3cc3c2ccc2ccccc23)N(c2ccccc2)C1c1ccc2c(c1)-c1cccc3cccc-2c13. The fourth-order valence-electron chi connectivity index (χ4n) is 8.75. The Morgan fingerprint density at radius 1 is 0.360 bits per heavy atom. The number of benzene rings is 9. The predicted molar refractivity (Wildman–Crippen MR) is 212 cm³/mol. The van der Waals surface area contributed by atoms with Crippen molar-refractivity contribution in [1.82, 2.24) is 0 Å². The van der Waals surface area contributed by atoms with Gasteiger partial charge in [0.05, 0.1) is 6.04 Å². The summed E-state index contributed by atoms with van der Waals surface area (Å²) in [6, 6.07) is 65.1. The molecule has 1 nitrogen and oxygen atoms in total. The highest BCUT2D eigenvalue weighted by Gasteiger charge is 2.35. The van der Waals surface area contributed by atoms with Gasteiger partial charge in [0.15, 0.2) is 0 Å². The third kappa shape index (κ3) is 3.89. The Labute approximate surface area is 291 Å². The number of hydrogen-bond acceptors (Lipinski definition) is 1. The second kappa shape index (κ2) is 10.5. The molecular weight excluding hydrogens is 603 g/mol. The van der Waals surface area contributed by atoms with Crippen LogP contribution in [-0.4, -0.2) is 0 Å². The van der Waals surface area contributed by atoms with Gasteiger partial charge in [-0.15, -0.1) is 0 Å². The van der Waals surface area contributed by atoms with Crippen molar-refractivity contribution in [2.45, 2.75) is 6.04 Å². The summed E-state index contributed by atoms with van der Waals surface area (Å²) in [5.41, 5.74) is 12.9. The summed E-state index contributed by atoms with van der Waals surface area (Å²) in [7, 11) is 0. The molecule has 232 valence electrons. The molecule has 1 heteroatoms. The highest BCUT2D eigenvalue weighted by Crippen LogP contribution is 2.52. The molecule has 0 radical (unpaired) electrons. The molecule has 2 aliphatic rings. The second-order valence-electron chi connectivity index (χ2n) is 13.6. The second-order valence-corrected chi connectivity index (χ2v) is 13.6. The Morgan fingerprint density at radius 2 is 1.02 bits per heavy atom. The van der Waals surface area contributed by atoms with Crippen molar-refractivity contribution in [2.24, 2.45) is 0 Å². The van der Waals surface area contributed by atoms with Crippen molar-refractivity contribution < 1.29 is 0 Å². The van der Waals surface area contributed by atoms with Crippen molar-refractivity contribution in [3.05, 3.63) is 193 Å². The van der Waals surface area contributed by atoms with E-state index in [1.54, 1.807) is 0 Å². The van der Waals surface area contributed by atoms with E-state index in [2.05, 4.69) is 187 Å². The Morgan fingerprint density at radius 3 is 1.86 bits per heavy atom. The summed E-state index contributed by atoms with van der Waals surface area (Å²) < 4.78 is 0. The van der Waals surface area contributed by atoms with Crippen LogP contribution in [0.25, 0.3) is 82.2 Å². The van der Waals surface area contributed by atoms with Gasteiger partial charge in [0, 0.05) is 16.9 Å². The van der Waals surface area contributed by atoms with E-state index in [4.69, 9.17) is 0 Å². The molecule has 0 amide bonds. The lowest BCUT2D eigenvalue weighted by atomic mass is 9.84. The number of fused-ring (bicyclic) bond motifs is 7. The smallest absolute Gasteiger partial charge is 0.0799 e. The molecular formula is C49H31N. The van der Waals surface area contributed by atoms with Crippen LogP contribution >= 0.6 is 0 Å². The quantitative estimate of drug-likeness (QED) is 0.138. The van der Waals surface area contributed by atoms with Gasteiger partial charge in [-0.1, -0.05) is 152 Å². The first-order chi connectivity index (χ1) is 24.8. The van der Waals surface area contributed by atoms with Crippen LogP contribution < -0.4 is 4.90 Å². The van der Waals surface area contributed by atoms with Crippen LogP contribution in [0.2, 0.25) is 0 Å². The van der Waals surface area contributed by atoms with E-state index in [1.165, 1.54) is 99.0 Å². The summed E-state index contributed by atoms with van der Waals surface area (Å²) in [4.78, 5) is 2.53. The fraction of sp³-hybridized carbons (Fsp3) is 0.0204. The van der Waals surface area contributed by atoms with Gasteiger partial charge in [-0.3, -0.25) is 0 Å². The first-order valence-electron chi connectivity index (χ1n) is 17.5. The summed E-state index contributed by atoms with van der Waals surface area (Å²) >= 11 is 0. The average Bonchev–Trinajstić information content (AvgIpc) is 3.48. The lowest BCUT2D eigenvalue weighted by Crippen LogP contribution is -2.34. The zero-order valence-corrected chi connectivity index (χ0v) is 27.3. The zero-order chi connectivity index (χ0) is 32.8. The number of para-hydroxylation sites is 1. The van der Waals surface area contributed by atoms with Crippen molar-refractivity contribution >= 4 is 54.5 Å². The third-order valence-electron chi connectivity index (χ3n) is 11.0. The van der Waals surface area contributed by atoms with Gasteiger partial charge in [-0.2, -0.15) is 0 Å². The molecule has 0 N–H and O–H groups in total. The molecule has 9 aromatic carbocycles. The Hall–Kier alpha value is -6.44. The zero-order valence-electron chi connectivity index (χ0n) is 27.3. The predicted octanol–water partition coefficient (Wildman–Crippen LogP) is 13.2. The third-order valence-corrected chi connectivity index (χ3v) is 11.0. The molecule has 11 rings (SSSR count). The van der Waals surface area contributed by atoms with Gasteiger partial charge in [-0.25, -0.2) is 0 Å². The molecule has 0 saturated carbocycles. The summed E-state index contributed by atoms with van der Waals surface area (Å²) in [6.45, 7) is 0. The molecule has 1 aliphatic heterocycles. The maximum Gasteiger partial charge on any atom is 0.0799 e. The van der Waals surface area contributed by atoms with Crippen LogP contribution in [0.1, 0.15) is 17.2 Å². The largest absolute Gasteiger partial charge is 0.330 e. The standard InChI is InChI=1S/C49H31N/c1-2-16-35(17-3-1)50-46(34-25-26-38-40-22-10-14-32-15-11-23-42(48(32)40)45(38)29-34)30-47(50)39-20-8-9-21-41(39)49-37-19-7-5-13-33(37)28-44-36-18-6-4-12-31(36)24-27-43(44)49/h1-30,46H. The van der Waals surface area contributed by atoms with E-state index in [9.17, 15) is 0 Å². The maximum absolute atomic E-state index is 2.53. The minimum absolute atomic E-state index is 0.113. The summed E-state index contributed by atoms with van der Waals surface area (Å²) in [5, 5.41) is 10.3. The van der Waals surface area contributed by atoms with Crippen molar-refractivity contribution in [1.29, 1.82) is 0 Å². The molecule has 1 unspecified atom stereocenters. The first-order valence-corrected chi connectivity index (χ1v) is 17.5. The van der Waals surface area contributed by atoms with Crippen LogP contribution in [-0.2, 0) is 0 Å². The Bertz CT molecular complexity index is 2870. The molecule has 0 fully saturated rings. The molecule has 0 spiro atoms. The minimum atomic E-state index is 0.113. The maximum atomic E-state index is 2.53. The van der Waals surface area contributed by atoms with Crippen LogP contribution in [0.5, 0.6) is 0 Å². The van der Waals surface area contributed by atoms with Gasteiger partial charge in [0.2, 0.25) is 0 Å². The first kappa shape index (κ1) is 27.5. The van der Waals surface area contributed by atoms with Gasteiger partial charge in [-0.05, 0) is 112 Å². The van der Waals surface area contributed by atoms with E-state index >= 15 is 0 Å². The molecule has 0 bridgehead atoms. The Kier molecular flexibility index (Phi) is 5.79. The van der Waals surface area contributed by atoms with Crippen LogP contribution in [0.4, 0.5) is 5.69 Å². The number of rotatable bonds is 4. The van der Waals surface area contributed by atoms with E-state index in [0.717, 1.165) is 0 Å². The molecule has 50 heavy (non-hydrogen) atoms. The van der Waals surface area contributed by atoms with Crippen LogP contribution in [0, 0.1) is 0 Å². The normalized spacial score (nSPS) is 14.7. The fourth-order valence-corrected chi connectivity index (χ4v) is 8.75. The van der Waals surface area contributed by atoms with E-state index in [1.807, 2.05) is 0 Å². The number of anilines is 1. The van der Waals surface area contributed by atoms with E-state index in [-0.39, 0.29) is 6.04 Å². The number of hydrogen-bond donors (Lipinski definition) is 0. The highest BCUT2D eigenvalue weighted by atomic mass is 15.2. The Balaban J connectivity index is 1.12. The lowest BCUT2D eigenvalue weighted by Gasteiger charge is -2.43. The van der Waals surface area contributed by atoms with Crippen LogP contribution in [0.15, 0.2) is 182 Å². The van der Waals surface area contributed by atoms with E-state index in [0.29, 0.717) is 0 Å².